The van der Waals surface area contributed by atoms with Gasteiger partial charge in [0.05, 0.1) is 10.4 Å². The van der Waals surface area contributed by atoms with Gasteiger partial charge in [-0.2, -0.15) is 0 Å². The second kappa shape index (κ2) is 6.10. The first-order chi connectivity index (χ1) is 10.1. The molecule has 2 rings (SSSR count). The van der Waals surface area contributed by atoms with Crippen LogP contribution in [0.3, 0.4) is 0 Å². The highest BCUT2D eigenvalue weighted by molar-refractivity contribution is 7.90. The summed E-state index contributed by atoms with van der Waals surface area (Å²) in [6.45, 7) is 8.32. The van der Waals surface area contributed by atoms with E-state index in [4.69, 9.17) is 0 Å². The van der Waals surface area contributed by atoms with Crippen LogP contribution in [0.2, 0.25) is 0 Å². The van der Waals surface area contributed by atoms with Crippen LogP contribution in [0.5, 0.6) is 0 Å². The lowest BCUT2D eigenvalue weighted by Gasteiger charge is -2.28. The van der Waals surface area contributed by atoms with Gasteiger partial charge in [-0.15, -0.1) is 11.3 Å². The first kappa shape index (κ1) is 17.1. The Balaban J connectivity index is 2.16. The molecule has 1 aromatic carbocycles. The van der Waals surface area contributed by atoms with E-state index in [-0.39, 0.29) is 11.6 Å². The topological polar surface area (TPSA) is 59.1 Å². The highest BCUT2D eigenvalue weighted by Crippen LogP contribution is 2.28. The summed E-state index contributed by atoms with van der Waals surface area (Å²) >= 11 is 1.68. The van der Waals surface area contributed by atoms with Crippen molar-refractivity contribution in [1.29, 1.82) is 0 Å². The predicted octanol–water partition coefficient (Wildman–Crippen LogP) is 3.44. The van der Waals surface area contributed by atoms with E-state index in [1.54, 1.807) is 23.5 Å². The molecule has 120 valence electrons. The molecule has 4 nitrogen and oxygen atoms in total. The second-order valence-electron chi connectivity index (χ2n) is 6.11. The number of thiazole rings is 1. The van der Waals surface area contributed by atoms with Gasteiger partial charge in [-0.05, 0) is 45.4 Å². The van der Waals surface area contributed by atoms with Gasteiger partial charge in [0.1, 0.15) is 5.01 Å². The van der Waals surface area contributed by atoms with Crippen molar-refractivity contribution in [3.05, 3.63) is 45.9 Å². The van der Waals surface area contributed by atoms with Crippen molar-refractivity contribution in [1.82, 2.24) is 10.3 Å². The van der Waals surface area contributed by atoms with Crippen LogP contribution < -0.4 is 5.32 Å². The van der Waals surface area contributed by atoms with Crippen LogP contribution in [0.15, 0.2) is 35.4 Å². The van der Waals surface area contributed by atoms with Gasteiger partial charge in [0.25, 0.3) is 0 Å². The smallest absolute Gasteiger partial charge is 0.175 e. The van der Waals surface area contributed by atoms with Crippen molar-refractivity contribution in [2.45, 2.75) is 44.2 Å². The molecule has 0 bridgehead atoms. The zero-order chi connectivity index (χ0) is 16.5. The molecular weight excluding hydrogens is 316 g/mol. The van der Waals surface area contributed by atoms with E-state index in [1.165, 1.54) is 11.1 Å². The molecule has 1 aromatic heterocycles. The second-order valence-corrected chi connectivity index (χ2v) is 9.36. The number of nitrogens with zero attached hydrogens (tertiary/aromatic N) is 1. The molecular formula is C16H22N2O2S2. The Kier molecular flexibility index (Phi) is 4.75. The average Bonchev–Trinajstić information content (AvgIpc) is 2.85. The molecule has 0 spiro atoms. The Bertz CT molecular complexity index is 747. The zero-order valence-electron chi connectivity index (χ0n) is 13.5. The van der Waals surface area contributed by atoms with Crippen molar-refractivity contribution >= 4 is 21.2 Å². The maximum absolute atomic E-state index is 11.5. The molecule has 0 radical (unpaired) electrons. The molecule has 22 heavy (non-hydrogen) atoms. The fraction of sp³-hybridized carbons (Fsp3) is 0.438. The molecule has 1 N–H and O–H groups in total. The average molecular weight is 338 g/mol. The summed E-state index contributed by atoms with van der Waals surface area (Å²) in [4.78, 5) is 5.99. The van der Waals surface area contributed by atoms with Crippen molar-refractivity contribution in [3.63, 3.8) is 0 Å². The first-order valence-corrected chi connectivity index (χ1v) is 9.81. The van der Waals surface area contributed by atoms with E-state index in [2.05, 4.69) is 31.1 Å². The van der Waals surface area contributed by atoms with Gasteiger partial charge in [0.2, 0.25) is 0 Å². The molecule has 2 aromatic rings. The Morgan fingerprint density at radius 1 is 1.23 bits per heavy atom. The molecule has 0 aliphatic heterocycles. The maximum Gasteiger partial charge on any atom is 0.175 e. The number of sulfone groups is 1. The molecule has 6 heteroatoms. The monoisotopic (exact) mass is 338 g/mol. The van der Waals surface area contributed by atoms with Crippen LogP contribution in [-0.4, -0.2) is 19.7 Å². The molecule has 0 aliphatic rings. The third-order valence-corrected chi connectivity index (χ3v) is 5.91. The summed E-state index contributed by atoms with van der Waals surface area (Å²) in [6.07, 6.45) is 3.10. The lowest BCUT2D eigenvalue weighted by molar-refractivity contribution is 0.356. The predicted molar refractivity (Wildman–Crippen MR) is 91.0 cm³/mol. The van der Waals surface area contributed by atoms with Crippen LogP contribution in [0.25, 0.3) is 0 Å². The van der Waals surface area contributed by atoms with E-state index >= 15 is 0 Å². The van der Waals surface area contributed by atoms with Crippen molar-refractivity contribution < 1.29 is 8.42 Å². The van der Waals surface area contributed by atoms with Crippen molar-refractivity contribution in [2.24, 2.45) is 0 Å². The minimum Gasteiger partial charge on any atom is -0.299 e. The summed E-state index contributed by atoms with van der Waals surface area (Å²) in [5.74, 6) is 0. The summed E-state index contributed by atoms with van der Waals surface area (Å²) in [5, 5.41) is 4.60. The molecule has 0 saturated heterocycles. The lowest BCUT2D eigenvalue weighted by Crippen LogP contribution is -2.38. The Labute approximate surface area is 136 Å². The van der Waals surface area contributed by atoms with E-state index in [0.717, 1.165) is 10.6 Å². The Morgan fingerprint density at radius 2 is 1.82 bits per heavy atom. The van der Waals surface area contributed by atoms with Crippen LogP contribution in [-0.2, 0) is 15.4 Å². The molecule has 1 atom stereocenters. The molecule has 0 unspecified atom stereocenters. The van der Waals surface area contributed by atoms with Crippen molar-refractivity contribution in [3.8, 4) is 0 Å². The number of rotatable bonds is 5. The van der Waals surface area contributed by atoms with Crippen molar-refractivity contribution in [2.75, 3.05) is 6.26 Å². The minimum atomic E-state index is -3.15. The highest BCUT2D eigenvalue weighted by Gasteiger charge is 2.26. The number of aryl methyl sites for hydroxylation is 1. The molecule has 0 amide bonds. The van der Waals surface area contributed by atoms with Crippen LogP contribution >= 0.6 is 11.3 Å². The number of hydrogen-bond acceptors (Lipinski definition) is 5. The largest absolute Gasteiger partial charge is 0.299 e. The fourth-order valence-electron chi connectivity index (χ4n) is 2.33. The van der Waals surface area contributed by atoms with E-state index in [1.807, 2.05) is 25.3 Å². The summed E-state index contributed by atoms with van der Waals surface area (Å²) < 4.78 is 23.0. The SMILES string of the molecule is Cc1cnc(C(C)(C)N[C@@H](C)c2ccc(S(C)(=O)=O)cc2)s1. The quantitative estimate of drug-likeness (QED) is 0.907. The van der Waals surface area contributed by atoms with E-state index in [0.29, 0.717) is 4.90 Å². The van der Waals surface area contributed by atoms with E-state index < -0.39 is 9.84 Å². The standard InChI is InChI=1S/C16H22N2O2S2/c1-11-10-17-15(21-11)16(3,4)18-12(2)13-6-8-14(9-7-13)22(5,19)20/h6-10,12,18H,1-5H3/t12-/m0/s1. The summed E-state index contributed by atoms with van der Waals surface area (Å²) in [7, 11) is -3.15. The van der Waals surface area contributed by atoms with Gasteiger partial charge in [-0.1, -0.05) is 12.1 Å². The van der Waals surface area contributed by atoms with Gasteiger partial charge >= 0.3 is 0 Å². The number of nitrogens with one attached hydrogen (secondary N) is 1. The summed E-state index contributed by atoms with van der Waals surface area (Å²) in [6, 6.07) is 7.12. The molecule has 0 saturated carbocycles. The van der Waals surface area contributed by atoms with Gasteiger partial charge in [0, 0.05) is 23.4 Å². The maximum atomic E-state index is 11.5. The van der Waals surface area contributed by atoms with Gasteiger partial charge in [-0.3, -0.25) is 5.32 Å². The minimum absolute atomic E-state index is 0.0906. The Hall–Kier alpha value is -1.24. The normalized spacial score (nSPS) is 14.0. The lowest BCUT2D eigenvalue weighted by atomic mass is 10.0. The zero-order valence-corrected chi connectivity index (χ0v) is 15.2. The Morgan fingerprint density at radius 3 is 2.27 bits per heavy atom. The summed E-state index contributed by atoms with van der Waals surface area (Å²) in [5.41, 5.74) is 0.808. The van der Waals surface area contributed by atoms with Crippen LogP contribution in [0, 0.1) is 6.92 Å². The molecule has 0 fully saturated rings. The van der Waals surface area contributed by atoms with Crippen LogP contribution in [0.1, 0.15) is 42.3 Å². The highest BCUT2D eigenvalue weighted by atomic mass is 32.2. The number of benzene rings is 1. The third kappa shape index (κ3) is 3.94. The van der Waals surface area contributed by atoms with Gasteiger partial charge in [-0.25, -0.2) is 13.4 Å². The number of aromatic nitrogens is 1. The first-order valence-electron chi connectivity index (χ1n) is 7.10. The fourth-order valence-corrected chi connectivity index (χ4v) is 3.79. The van der Waals surface area contributed by atoms with E-state index in [9.17, 15) is 8.42 Å². The van der Waals surface area contributed by atoms with Gasteiger partial charge in [0.15, 0.2) is 9.84 Å². The van der Waals surface area contributed by atoms with Gasteiger partial charge < -0.3 is 0 Å². The van der Waals surface area contributed by atoms with Crippen LogP contribution in [0.4, 0.5) is 0 Å². The third-order valence-electron chi connectivity index (χ3n) is 3.54. The molecule has 1 heterocycles. The number of hydrogen-bond donors (Lipinski definition) is 1. The molecule has 0 aliphatic carbocycles.